The van der Waals surface area contributed by atoms with E-state index < -0.39 is 17.5 Å². The van der Waals surface area contributed by atoms with E-state index in [1.807, 2.05) is 18.7 Å². The summed E-state index contributed by atoms with van der Waals surface area (Å²) in [6.07, 6.45) is 3.00. The fourth-order valence-corrected chi connectivity index (χ4v) is 3.44. The number of thioether (sulfide) groups is 1. The first-order valence-corrected chi connectivity index (χ1v) is 8.29. The third kappa shape index (κ3) is 4.33. The summed E-state index contributed by atoms with van der Waals surface area (Å²) in [5, 5.41) is 5.84. The van der Waals surface area contributed by atoms with Crippen molar-refractivity contribution in [2.24, 2.45) is 0 Å². The number of hydrogen-bond acceptors (Lipinski definition) is 3. The molecule has 1 aliphatic heterocycles. The predicted octanol–water partition coefficient (Wildman–Crippen LogP) is 3.41. The number of amides is 1. The van der Waals surface area contributed by atoms with Gasteiger partial charge in [-0.2, -0.15) is 11.8 Å². The number of anilines is 1. The molecule has 1 amide bonds. The summed E-state index contributed by atoms with van der Waals surface area (Å²) in [6.45, 7) is 2.94. The zero-order valence-electron chi connectivity index (χ0n) is 12.0. The average molecular weight is 314 g/mol. The molecule has 0 spiro atoms. The molecule has 1 saturated heterocycles. The van der Waals surface area contributed by atoms with Gasteiger partial charge in [0.1, 0.15) is 17.3 Å². The van der Waals surface area contributed by atoms with Crippen LogP contribution in [-0.4, -0.2) is 30.0 Å². The average Bonchev–Trinajstić information content (AvgIpc) is 2.97. The maximum absolute atomic E-state index is 13.8. The molecule has 1 aliphatic rings. The molecule has 1 heterocycles. The lowest BCUT2D eigenvalue weighted by molar-refractivity contribution is 0.0953. The van der Waals surface area contributed by atoms with Crippen LogP contribution in [0.3, 0.4) is 0 Å². The van der Waals surface area contributed by atoms with E-state index in [0.29, 0.717) is 18.3 Å². The Bertz CT molecular complexity index is 481. The van der Waals surface area contributed by atoms with Crippen LogP contribution in [0.15, 0.2) is 12.1 Å². The minimum Gasteiger partial charge on any atom is -0.380 e. The van der Waals surface area contributed by atoms with Crippen LogP contribution in [0.1, 0.15) is 36.5 Å². The van der Waals surface area contributed by atoms with Gasteiger partial charge in [-0.15, -0.1) is 0 Å². The van der Waals surface area contributed by atoms with Gasteiger partial charge in [0.25, 0.3) is 5.91 Å². The number of nitrogens with one attached hydrogen (secondary N) is 2. The Morgan fingerprint density at radius 2 is 2.10 bits per heavy atom. The molecule has 2 N–H and O–H groups in total. The Balaban J connectivity index is 2.00. The van der Waals surface area contributed by atoms with Crippen molar-refractivity contribution in [3.63, 3.8) is 0 Å². The molecule has 3 nitrogen and oxygen atoms in total. The lowest BCUT2D eigenvalue weighted by Gasteiger charge is -2.12. The van der Waals surface area contributed by atoms with Gasteiger partial charge in [-0.05, 0) is 37.1 Å². The molecular weight excluding hydrogens is 294 g/mol. The van der Waals surface area contributed by atoms with Gasteiger partial charge < -0.3 is 10.6 Å². The molecular formula is C15H20F2N2OS. The fourth-order valence-electron chi connectivity index (χ4n) is 2.24. The van der Waals surface area contributed by atoms with Crippen molar-refractivity contribution in [1.82, 2.24) is 5.32 Å². The minimum absolute atomic E-state index is 0.0232. The van der Waals surface area contributed by atoms with Crippen LogP contribution < -0.4 is 10.6 Å². The fraction of sp³-hybridized carbons (Fsp3) is 0.533. The van der Waals surface area contributed by atoms with Crippen molar-refractivity contribution in [3.05, 3.63) is 29.3 Å². The van der Waals surface area contributed by atoms with Crippen LogP contribution >= 0.6 is 11.8 Å². The zero-order valence-corrected chi connectivity index (χ0v) is 12.9. The highest BCUT2D eigenvalue weighted by atomic mass is 32.2. The Kier molecular flexibility index (Phi) is 5.85. The molecule has 0 aliphatic carbocycles. The van der Waals surface area contributed by atoms with Gasteiger partial charge in [0.05, 0.1) is 0 Å². The van der Waals surface area contributed by atoms with E-state index in [-0.39, 0.29) is 11.3 Å². The van der Waals surface area contributed by atoms with Crippen molar-refractivity contribution >= 4 is 23.4 Å². The SMILES string of the molecule is CCCNc1c(F)cc(C(=O)NCC2CCCS2)cc1F. The Hall–Kier alpha value is -1.30. The molecule has 116 valence electrons. The number of rotatable bonds is 6. The molecule has 1 fully saturated rings. The number of carbonyl (C=O) groups is 1. The smallest absolute Gasteiger partial charge is 0.251 e. The molecule has 0 radical (unpaired) electrons. The van der Waals surface area contributed by atoms with E-state index in [9.17, 15) is 13.6 Å². The van der Waals surface area contributed by atoms with E-state index in [1.54, 1.807) is 0 Å². The van der Waals surface area contributed by atoms with Gasteiger partial charge in [-0.1, -0.05) is 6.92 Å². The maximum Gasteiger partial charge on any atom is 0.251 e. The summed E-state index contributed by atoms with van der Waals surface area (Å²) in [5.74, 6) is -0.781. The molecule has 1 aromatic carbocycles. The Labute approximate surface area is 127 Å². The number of carbonyl (C=O) groups excluding carboxylic acids is 1. The molecule has 0 aromatic heterocycles. The van der Waals surface area contributed by atoms with Gasteiger partial charge in [0, 0.05) is 23.9 Å². The van der Waals surface area contributed by atoms with E-state index in [0.717, 1.165) is 37.1 Å². The van der Waals surface area contributed by atoms with Crippen LogP contribution in [0, 0.1) is 11.6 Å². The van der Waals surface area contributed by atoms with Crippen LogP contribution in [0.2, 0.25) is 0 Å². The van der Waals surface area contributed by atoms with Gasteiger partial charge in [-0.3, -0.25) is 4.79 Å². The lowest BCUT2D eigenvalue weighted by Crippen LogP contribution is -2.30. The largest absolute Gasteiger partial charge is 0.380 e. The molecule has 6 heteroatoms. The molecule has 1 unspecified atom stereocenters. The van der Waals surface area contributed by atoms with Gasteiger partial charge in [0.15, 0.2) is 0 Å². The standard InChI is InChI=1S/C15H20F2N2OS/c1-2-5-18-14-12(16)7-10(8-13(14)17)15(20)19-9-11-4-3-6-21-11/h7-8,11,18H,2-6,9H2,1H3,(H,19,20). The first-order chi connectivity index (χ1) is 10.1. The van der Waals surface area contributed by atoms with Crippen molar-refractivity contribution < 1.29 is 13.6 Å². The second-order valence-electron chi connectivity index (χ2n) is 5.09. The lowest BCUT2D eigenvalue weighted by atomic mass is 10.1. The quantitative estimate of drug-likeness (QED) is 0.845. The second-order valence-corrected chi connectivity index (χ2v) is 6.49. The topological polar surface area (TPSA) is 41.1 Å². The van der Waals surface area contributed by atoms with Crippen LogP contribution in [0.25, 0.3) is 0 Å². The summed E-state index contributed by atoms with van der Waals surface area (Å²) in [7, 11) is 0. The highest BCUT2D eigenvalue weighted by Gasteiger charge is 2.18. The minimum atomic E-state index is -0.733. The van der Waals surface area contributed by atoms with Crippen LogP contribution in [-0.2, 0) is 0 Å². The van der Waals surface area contributed by atoms with Crippen LogP contribution in [0.5, 0.6) is 0 Å². The summed E-state index contributed by atoms with van der Waals surface area (Å²) < 4.78 is 27.7. The molecule has 1 aromatic rings. The monoisotopic (exact) mass is 314 g/mol. The molecule has 1 atom stereocenters. The Morgan fingerprint density at radius 1 is 1.38 bits per heavy atom. The first kappa shape index (κ1) is 16.1. The Morgan fingerprint density at radius 3 is 2.67 bits per heavy atom. The summed E-state index contributed by atoms with van der Waals surface area (Å²) in [4.78, 5) is 12.0. The molecule has 0 saturated carbocycles. The van der Waals surface area contributed by atoms with Crippen molar-refractivity contribution in [2.45, 2.75) is 31.4 Å². The second kappa shape index (κ2) is 7.64. The van der Waals surface area contributed by atoms with E-state index >= 15 is 0 Å². The predicted molar refractivity (Wildman–Crippen MR) is 83.0 cm³/mol. The number of benzene rings is 1. The molecule has 21 heavy (non-hydrogen) atoms. The van der Waals surface area contributed by atoms with Crippen molar-refractivity contribution in [1.29, 1.82) is 0 Å². The van der Waals surface area contributed by atoms with Crippen LogP contribution in [0.4, 0.5) is 14.5 Å². The highest BCUT2D eigenvalue weighted by molar-refractivity contribution is 8.00. The first-order valence-electron chi connectivity index (χ1n) is 7.24. The summed E-state index contributed by atoms with van der Waals surface area (Å²) in [6, 6.07) is 2.16. The van der Waals surface area contributed by atoms with E-state index in [1.165, 1.54) is 0 Å². The summed E-state index contributed by atoms with van der Waals surface area (Å²) >= 11 is 1.82. The van der Waals surface area contributed by atoms with E-state index in [4.69, 9.17) is 0 Å². The van der Waals surface area contributed by atoms with Gasteiger partial charge in [0.2, 0.25) is 0 Å². The highest BCUT2D eigenvalue weighted by Crippen LogP contribution is 2.25. The van der Waals surface area contributed by atoms with Gasteiger partial charge >= 0.3 is 0 Å². The third-order valence-electron chi connectivity index (χ3n) is 3.37. The zero-order chi connectivity index (χ0) is 15.2. The number of halogens is 2. The normalized spacial score (nSPS) is 17.8. The number of hydrogen-bond donors (Lipinski definition) is 2. The third-order valence-corrected chi connectivity index (χ3v) is 4.77. The molecule has 0 bridgehead atoms. The van der Waals surface area contributed by atoms with E-state index in [2.05, 4.69) is 10.6 Å². The van der Waals surface area contributed by atoms with Gasteiger partial charge in [-0.25, -0.2) is 8.78 Å². The summed E-state index contributed by atoms with van der Waals surface area (Å²) in [5.41, 5.74) is -0.144. The molecule has 2 rings (SSSR count). The maximum atomic E-state index is 13.8. The van der Waals surface area contributed by atoms with Crippen molar-refractivity contribution in [2.75, 3.05) is 24.2 Å². The van der Waals surface area contributed by atoms with Crippen molar-refractivity contribution in [3.8, 4) is 0 Å².